The zero-order valence-electron chi connectivity index (χ0n) is 13.6. The molecule has 0 atom stereocenters. The van der Waals surface area contributed by atoms with Gasteiger partial charge in [0.25, 0.3) is 0 Å². The number of hydrogen-bond acceptors (Lipinski definition) is 3. The lowest BCUT2D eigenvalue weighted by Gasteiger charge is -2.23. The van der Waals surface area contributed by atoms with Gasteiger partial charge in [-0.1, -0.05) is 29.8 Å². The molecule has 0 aliphatic rings. The molecule has 2 amide bonds. The molecule has 2 aromatic rings. The molecule has 0 radical (unpaired) electrons. The molecule has 0 bridgehead atoms. The van der Waals surface area contributed by atoms with E-state index in [0.29, 0.717) is 22.1 Å². The third-order valence-corrected chi connectivity index (χ3v) is 3.66. The van der Waals surface area contributed by atoms with Gasteiger partial charge in [-0.05, 0) is 30.3 Å². The van der Waals surface area contributed by atoms with Crippen LogP contribution in [0.4, 0.5) is 11.4 Å². The van der Waals surface area contributed by atoms with Crippen LogP contribution >= 0.6 is 11.6 Å². The molecule has 0 heterocycles. The molecule has 126 valence electrons. The van der Waals surface area contributed by atoms with E-state index in [1.807, 2.05) is 12.1 Å². The molecule has 5 nitrogen and oxygen atoms in total. The first-order valence-electron chi connectivity index (χ1n) is 7.48. The van der Waals surface area contributed by atoms with E-state index in [1.54, 1.807) is 43.5 Å². The second kappa shape index (κ2) is 8.36. The van der Waals surface area contributed by atoms with Gasteiger partial charge in [0.1, 0.15) is 5.75 Å². The first kappa shape index (κ1) is 17.8. The number of nitrogens with one attached hydrogen (secondary N) is 1. The van der Waals surface area contributed by atoms with Gasteiger partial charge in [-0.15, -0.1) is 0 Å². The van der Waals surface area contributed by atoms with E-state index < -0.39 is 0 Å². The molecule has 0 saturated heterocycles. The average molecular weight is 347 g/mol. The summed E-state index contributed by atoms with van der Waals surface area (Å²) in [7, 11) is 1.54. The van der Waals surface area contributed by atoms with E-state index in [4.69, 9.17) is 16.3 Å². The Labute approximate surface area is 146 Å². The quantitative estimate of drug-likeness (QED) is 0.867. The van der Waals surface area contributed by atoms with E-state index in [-0.39, 0.29) is 24.8 Å². The van der Waals surface area contributed by atoms with Crippen molar-refractivity contribution in [2.75, 3.05) is 23.9 Å². The minimum Gasteiger partial charge on any atom is -0.495 e. The molecule has 0 aromatic heterocycles. The van der Waals surface area contributed by atoms with Crippen molar-refractivity contribution in [3.8, 4) is 5.75 Å². The standard InChI is InChI=1S/C18H19ClN2O3/c1-13(22)21(16-8-3-4-9-17(16)24-2)11-10-18(23)20-15-7-5-6-14(19)12-15/h3-9,12H,10-11H2,1-2H3,(H,20,23). The number of para-hydroxylation sites is 2. The largest absolute Gasteiger partial charge is 0.495 e. The number of anilines is 2. The summed E-state index contributed by atoms with van der Waals surface area (Å²) in [6.45, 7) is 1.71. The molecule has 0 saturated carbocycles. The highest BCUT2D eigenvalue weighted by molar-refractivity contribution is 6.30. The molecule has 2 aromatic carbocycles. The van der Waals surface area contributed by atoms with Crippen LogP contribution in [0.15, 0.2) is 48.5 Å². The molecule has 24 heavy (non-hydrogen) atoms. The minimum absolute atomic E-state index is 0.157. The summed E-state index contributed by atoms with van der Waals surface area (Å²) in [6.07, 6.45) is 0.157. The number of nitrogens with zero attached hydrogens (tertiary/aromatic N) is 1. The third kappa shape index (κ3) is 4.73. The SMILES string of the molecule is COc1ccccc1N(CCC(=O)Nc1cccc(Cl)c1)C(C)=O. The van der Waals surface area contributed by atoms with Crippen LogP contribution < -0.4 is 15.0 Å². The highest BCUT2D eigenvalue weighted by Crippen LogP contribution is 2.28. The van der Waals surface area contributed by atoms with Crippen molar-refractivity contribution in [3.05, 3.63) is 53.6 Å². The number of hydrogen-bond donors (Lipinski definition) is 1. The van der Waals surface area contributed by atoms with Gasteiger partial charge in [-0.25, -0.2) is 0 Å². The number of carbonyl (C=O) groups is 2. The summed E-state index contributed by atoms with van der Waals surface area (Å²) in [6, 6.07) is 14.1. The van der Waals surface area contributed by atoms with Crippen molar-refractivity contribution in [3.63, 3.8) is 0 Å². The number of carbonyl (C=O) groups excluding carboxylic acids is 2. The first-order valence-corrected chi connectivity index (χ1v) is 7.85. The highest BCUT2D eigenvalue weighted by atomic mass is 35.5. The molecule has 2 rings (SSSR count). The molecule has 6 heteroatoms. The second-order valence-electron chi connectivity index (χ2n) is 5.15. The van der Waals surface area contributed by atoms with E-state index >= 15 is 0 Å². The molecule has 0 spiro atoms. The molecular weight excluding hydrogens is 328 g/mol. The second-order valence-corrected chi connectivity index (χ2v) is 5.59. The van der Waals surface area contributed by atoms with Gasteiger partial charge in [0.15, 0.2) is 0 Å². The Hall–Kier alpha value is -2.53. The number of halogens is 1. The Kier molecular flexibility index (Phi) is 6.21. The minimum atomic E-state index is -0.196. The number of ether oxygens (including phenoxy) is 1. The zero-order chi connectivity index (χ0) is 17.5. The fourth-order valence-corrected chi connectivity index (χ4v) is 2.49. The lowest BCUT2D eigenvalue weighted by atomic mass is 10.2. The van der Waals surface area contributed by atoms with Gasteiger partial charge in [-0.3, -0.25) is 9.59 Å². The summed E-state index contributed by atoms with van der Waals surface area (Å²) in [5.41, 5.74) is 1.27. The smallest absolute Gasteiger partial charge is 0.226 e. The lowest BCUT2D eigenvalue weighted by Crippen LogP contribution is -2.32. The summed E-state index contributed by atoms with van der Waals surface area (Å²) in [4.78, 5) is 25.6. The fourth-order valence-electron chi connectivity index (χ4n) is 2.30. The Morgan fingerprint density at radius 3 is 2.58 bits per heavy atom. The Bertz CT molecular complexity index is 734. The normalized spacial score (nSPS) is 10.1. The summed E-state index contributed by atoms with van der Waals surface area (Å²) < 4.78 is 5.28. The van der Waals surface area contributed by atoms with E-state index in [1.165, 1.54) is 11.8 Å². The van der Waals surface area contributed by atoms with Crippen molar-refractivity contribution >= 4 is 34.8 Å². The van der Waals surface area contributed by atoms with Crippen molar-refractivity contribution in [1.82, 2.24) is 0 Å². The van der Waals surface area contributed by atoms with E-state index in [9.17, 15) is 9.59 Å². The number of benzene rings is 2. The van der Waals surface area contributed by atoms with Crippen LogP contribution in [0.25, 0.3) is 0 Å². The number of methoxy groups -OCH3 is 1. The van der Waals surface area contributed by atoms with Crippen LogP contribution in [0, 0.1) is 0 Å². The van der Waals surface area contributed by atoms with E-state index in [2.05, 4.69) is 5.32 Å². The van der Waals surface area contributed by atoms with Gasteiger partial charge in [0, 0.05) is 30.6 Å². The summed E-state index contributed by atoms with van der Waals surface area (Å²) >= 11 is 5.89. The van der Waals surface area contributed by atoms with Crippen molar-refractivity contribution in [1.29, 1.82) is 0 Å². The number of rotatable bonds is 6. The summed E-state index contributed by atoms with van der Waals surface area (Å²) in [5, 5.41) is 3.31. The van der Waals surface area contributed by atoms with Crippen molar-refractivity contribution < 1.29 is 14.3 Å². The average Bonchev–Trinajstić information content (AvgIpc) is 2.55. The van der Waals surface area contributed by atoms with Crippen molar-refractivity contribution in [2.24, 2.45) is 0 Å². The van der Waals surface area contributed by atoms with Crippen LogP contribution in [0.3, 0.4) is 0 Å². The molecule has 0 fully saturated rings. The van der Waals surface area contributed by atoms with E-state index in [0.717, 1.165) is 0 Å². The Morgan fingerprint density at radius 2 is 1.92 bits per heavy atom. The molecule has 1 N–H and O–H groups in total. The zero-order valence-corrected chi connectivity index (χ0v) is 14.3. The molecule has 0 aliphatic carbocycles. The molecular formula is C18H19ClN2O3. The maximum absolute atomic E-state index is 12.1. The maximum atomic E-state index is 12.1. The first-order chi connectivity index (χ1) is 11.5. The monoisotopic (exact) mass is 346 g/mol. The molecule has 0 aliphatic heterocycles. The predicted octanol–water partition coefficient (Wildman–Crippen LogP) is 3.73. The van der Waals surface area contributed by atoms with Crippen LogP contribution in [0.1, 0.15) is 13.3 Å². The van der Waals surface area contributed by atoms with Crippen LogP contribution in [-0.2, 0) is 9.59 Å². The topological polar surface area (TPSA) is 58.6 Å². The van der Waals surface area contributed by atoms with Gasteiger partial charge < -0.3 is 15.0 Å². The summed E-state index contributed by atoms with van der Waals surface area (Å²) in [5.74, 6) is 0.233. The van der Waals surface area contributed by atoms with Crippen LogP contribution in [-0.4, -0.2) is 25.5 Å². The third-order valence-electron chi connectivity index (χ3n) is 3.43. The fraction of sp³-hybridized carbons (Fsp3) is 0.222. The Morgan fingerprint density at radius 1 is 1.17 bits per heavy atom. The number of amides is 2. The molecule has 0 unspecified atom stereocenters. The van der Waals surface area contributed by atoms with Crippen LogP contribution in [0.5, 0.6) is 5.75 Å². The predicted molar refractivity (Wildman–Crippen MR) is 95.7 cm³/mol. The van der Waals surface area contributed by atoms with Gasteiger partial charge in [0.2, 0.25) is 11.8 Å². The maximum Gasteiger partial charge on any atom is 0.226 e. The highest BCUT2D eigenvalue weighted by Gasteiger charge is 2.17. The lowest BCUT2D eigenvalue weighted by molar-refractivity contribution is -0.117. The van der Waals surface area contributed by atoms with Crippen LogP contribution in [0.2, 0.25) is 5.02 Å². The van der Waals surface area contributed by atoms with Gasteiger partial charge in [-0.2, -0.15) is 0 Å². The van der Waals surface area contributed by atoms with Gasteiger partial charge >= 0.3 is 0 Å². The van der Waals surface area contributed by atoms with Gasteiger partial charge in [0.05, 0.1) is 12.8 Å². The Balaban J connectivity index is 2.04. The van der Waals surface area contributed by atoms with Crippen molar-refractivity contribution in [2.45, 2.75) is 13.3 Å².